The Morgan fingerprint density at radius 1 is 1.38 bits per heavy atom. The lowest BCUT2D eigenvalue weighted by Gasteiger charge is -2.26. The molecule has 0 spiro atoms. The molecule has 1 heterocycles. The summed E-state index contributed by atoms with van der Waals surface area (Å²) >= 11 is 0. The Kier molecular flexibility index (Phi) is 4.24. The molecule has 0 unspecified atom stereocenters. The standard InChI is InChI=1S/C12H21N3O/c1-5-10-8-11(14-9(2)13-10)15-12(3,4)6-7-16/h8,16H,5-7H2,1-4H3,(H,13,14,15). The van der Waals surface area contributed by atoms with Gasteiger partial charge in [0.1, 0.15) is 11.6 Å². The van der Waals surface area contributed by atoms with Crippen molar-refractivity contribution in [1.82, 2.24) is 9.97 Å². The van der Waals surface area contributed by atoms with Crippen LogP contribution < -0.4 is 5.32 Å². The molecule has 4 nitrogen and oxygen atoms in total. The van der Waals surface area contributed by atoms with E-state index in [1.807, 2.05) is 26.8 Å². The van der Waals surface area contributed by atoms with Crippen molar-refractivity contribution in [3.63, 3.8) is 0 Å². The molecule has 0 fully saturated rings. The number of aliphatic hydroxyl groups excluding tert-OH is 1. The molecule has 1 aromatic heterocycles. The van der Waals surface area contributed by atoms with Gasteiger partial charge in [0, 0.05) is 23.9 Å². The Labute approximate surface area is 97.1 Å². The van der Waals surface area contributed by atoms with Crippen LogP contribution in [0.25, 0.3) is 0 Å². The second kappa shape index (κ2) is 5.25. The van der Waals surface area contributed by atoms with E-state index in [4.69, 9.17) is 5.11 Å². The fourth-order valence-corrected chi connectivity index (χ4v) is 1.56. The monoisotopic (exact) mass is 223 g/mol. The molecule has 0 aliphatic heterocycles. The van der Waals surface area contributed by atoms with Gasteiger partial charge in [0.05, 0.1) is 0 Å². The minimum absolute atomic E-state index is 0.152. The molecular weight excluding hydrogens is 202 g/mol. The molecule has 1 rings (SSSR count). The van der Waals surface area contributed by atoms with Gasteiger partial charge in [-0.2, -0.15) is 0 Å². The summed E-state index contributed by atoms with van der Waals surface area (Å²) in [6.07, 6.45) is 1.59. The van der Waals surface area contributed by atoms with Crippen LogP contribution in [-0.4, -0.2) is 27.2 Å². The SMILES string of the molecule is CCc1cc(NC(C)(C)CCO)nc(C)n1. The number of anilines is 1. The predicted molar refractivity (Wildman–Crippen MR) is 65.6 cm³/mol. The molecule has 0 atom stereocenters. The van der Waals surface area contributed by atoms with Crippen LogP contribution >= 0.6 is 0 Å². The highest BCUT2D eigenvalue weighted by Crippen LogP contribution is 2.17. The van der Waals surface area contributed by atoms with Gasteiger partial charge in [-0.1, -0.05) is 6.92 Å². The first kappa shape index (κ1) is 12.9. The quantitative estimate of drug-likeness (QED) is 0.800. The topological polar surface area (TPSA) is 58.0 Å². The van der Waals surface area contributed by atoms with Gasteiger partial charge in [-0.3, -0.25) is 0 Å². The molecule has 0 saturated carbocycles. The van der Waals surface area contributed by atoms with Crippen LogP contribution in [0.4, 0.5) is 5.82 Å². The van der Waals surface area contributed by atoms with Gasteiger partial charge in [0.15, 0.2) is 0 Å². The highest BCUT2D eigenvalue weighted by atomic mass is 16.3. The Morgan fingerprint density at radius 2 is 2.06 bits per heavy atom. The lowest BCUT2D eigenvalue weighted by Crippen LogP contribution is -2.32. The number of aliphatic hydroxyl groups is 1. The van der Waals surface area contributed by atoms with E-state index in [-0.39, 0.29) is 12.1 Å². The lowest BCUT2D eigenvalue weighted by molar-refractivity contribution is 0.260. The number of aryl methyl sites for hydroxylation is 2. The van der Waals surface area contributed by atoms with Crippen LogP contribution in [0.15, 0.2) is 6.07 Å². The van der Waals surface area contributed by atoms with Gasteiger partial charge in [-0.15, -0.1) is 0 Å². The lowest BCUT2D eigenvalue weighted by atomic mass is 10.0. The number of hydrogen-bond acceptors (Lipinski definition) is 4. The fraction of sp³-hybridized carbons (Fsp3) is 0.667. The summed E-state index contributed by atoms with van der Waals surface area (Å²) in [6, 6.07) is 1.96. The first-order valence-electron chi connectivity index (χ1n) is 5.70. The van der Waals surface area contributed by atoms with Crippen LogP contribution in [0.3, 0.4) is 0 Å². The van der Waals surface area contributed by atoms with E-state index in [9.17, 15) is 0 Å². The molecule has 90 valence electrons. The van der Waals surface area contributed by atoms with Gasteiger partial charge in [0.2, 0.25) is 0 Å². The number of rotatable bonds is 5. The van der Waals surface area contributed by atoms with Crippen molar-refractivity contribution in [3.05, 3.63) is 17.6 Å². The molecule has 0 amide bonds. The Hall–Kier alpha value is -1.16. The number of nitrogens with one attached hydrogen (secondary N) is 1. The van der Waals surface area contributed by atoms with E-state index in [1.54, 1.807) is 0 Å². The fourth-order valence-electron chi connectivity index (χ4n) is 1.56. The zero-order valence-electron chi connectivity index (χ0n) is 10.5. The maximum absolute atomic E-state index is 8.96. The highest BCUT2D eigenvalue weighted by molar-refractivity contribution is 5.38. The molecule has 16 heavy (non-hydrogen) atoms. The summed E-state index contributed by atoms with van der Waals surface area (Å²) in [6.45, 7) is 8.23. The molecule has 0 radical (unpaired) electrons. The average Bonchev–Trinajstić information content (AvgIpc) is 2.15. The van der Waals surface area contributed by atoms with E-state index in [2.05, 4.69) is 22.2 Å². The van der Waals surface area contributed by atoms with Crippen molar-refractivity contribution in [3.8, 4) is 0 Å². The molecule has 0 aromatic carbocycles. The van der Waals surface area contributed by atoms with E-state index < -0.39 is 0 Å². The molecule has 4 heteroatoms. The third kappa shape index (κ3) is 3.77. The Bertz CT molecular complexity index is 350. The number of nitrogens with zero attached hydrogens (tertiary/aromatic N) is 2. The molecule has 0 saturated heterocycles. The van der Waals surface area contributed by atoms with Crippen LogP contribution in [0.1, 0.15) is 38.7 Å². The van der Waals surface area contributed by atoms with E-state index in [0.29, 0.717) is 6.42 Å². The van der Waals surface area contributed by atoms with Crippen LogP contribution in [0.2, 0.25) is 0 Å². The summed E-state index contributed by atoms with van der Waals surface area (Å²) in [4.78, 5) is 8.67. The molecule has 0 aliphatic rings. The first-order valence-corrected chi connectivity index (χ1v) is 5.70. The first-order chi connectivity index (χ1) is 7.46. The van der Waals surface area contributed by atoms with Crippen molar-refractivity contribution in [2.45, 2.75) is 46.1 Å². The summed E-state index contributed by atoms with van der Waals surface area (Å²) in [5.74, 6) is 1.62. The second-order valence-electron chi connectivity index (χ2n) is 4.63. The third-order valence-electron chi connectivity index (χ3n) is 2.46. The van der Waals surface area contributed by atoms with Gasteiger partial charge >= 0.3 is 0 Å². The zero-order valence-corrected chi connectivity index (χ0v) is 10.5. The Morgan fingerprint density at radius 3 is 2.62 bits per heavy atom. The normalized spacial score (nSPS) is 11.6. The van der Waals surface area contributed by atoms with Crippen LogP contribution in [0, 0.1) is 6.92 Å². The van der Waals surface area contributed by atoms with Gasteiger partial charge in [0.25, 0.3) is 0 Å². The van der Waals surface area contributed by atoms with Crippen molar-refractivity contribution >= 4 is 5.82 Å². The summed E-state index contributed by atoms with van der Waals surface area (Å²) in [5.41, 5.74) is 0.885. The van der Waals surface area contributed by atoms with E-state index in [0.717, 1.165) is 23.8 Å². The highest BCUT2D eigenvalue weighted by Gasteiger charge is 2.17. The average molecular weight is 223 g/mol. The van der Waals surface area contributed by atoms with Crippen molar-refractivity contribution in [2.24, 2.45) is 0 Å². The van der Waals surface area contributed by atoms with Gasteiger partial charge < -0.3 is 10.4 Å². The largest absolute Gasteiger partial charge is 0.396 e. The minimum Gasteiger partial charge on any atom is -0.396 e. The maximum Gasteiger partial charge on any atom is 0.130 e. The second-order valence-corrected chi connectivity index (χ2v) is 4.63. The van der Waals surface area contributed by atoms with Crippen molar-refractivity contribution in [2.75, 3.05) is 11.9 Å². The zero-order chi connectivity index (χ0) is 12.2. The van der Waals surface area contributed by atoms with Crippen LogP contribution in [-0.2, 0) is 6.42 Å². The maximum atomic E-state index is 8.96. The minimum atomic E-state index is -0.152. The van der Waals surface area contributed by atoms with Crippen molar-refractivity contribution in [1.29, 1.82) is 0 Å². The van der Waals surface area contributed by atoms with Crippen molar-refractivity contribution < 1.29 is 5.11 Å². The third-order valence-corrected chi connectivity index (χ3v) is 2.46. The van der Waals surface area contributed by atoms with Crippen LogP contribution in [0.5, 0.6) is 0 Å². The van der Waals surface area contributed by atoms with E-state index >= 15 is 0 Å². The van der Waals surface area contributed by atoms with Gasteiger partial charge in [-0.05, 0) is 33.6 Å². The van der Waals surface area contributed by atoms with E-state index in [1.165, 1.54) is 0 Å². The van der Waals surface area contributed by atoms with Gasteiger partial charge in [-0.25, -0.2) is 9.97 Å². The predicted octanol–water partition coefficient (Wildman–Crippen LogP) is 1.92. The molecule has 0 aliphatic carbocycles. The molecular formula is C12H21N3O. The molecule has 1 aromatic rings. The summed E-state index contributed by atoms with van der Waals surface area (Å²) < 4.78 is 0. The molecule has 2 N–H and O–H groups in total. The number of aromatic nitrogens is 2. The summed E-state index contributed by atoms with van der Waals surface area (Å²) in [5, 5.41) is 12.3. The Balaban J connectivity index is 2.84. The number of hydrogen-bond donors (Lipinski definition) is 2. The smallest absolute Gasteiger partial charge is 0.130 e. The summed E-state index contributed by atoms with van der Waals surface area (Å²) in [7, 11) is 0. The molecule has 0 bridgehead atoms.